The van der Waals surface area contributed by atoms with E-state index in [-0.39, 0.29) is 12.1 Å². The lowest BCUT2D eigenvalue weighted by atomic mass is 9.92. The van der Waals surface area contributed by atoms with Crippen molar-refractivity contribution in [2.75, 3.05) is 0 Å². The van der Waals surface area contributed by atoms with Gasteiger partial charge in [0.25, 0.3) is 0 Å². The Hall–Kier alpha value is -1.14. The normalized spacial score (nSPS) is 24.9. The number of rotatable bonds is 2. The van der Waals surface area contributed by atoms with Crippen molar-refractivity contribution in [3.63, 3.8) is 0 Å². The maximum absolute atomic E-state index is 9.43. The van der Waals surface area contributed by atoms with Crippen LogP contribution in [0.5, 0.6) is 0 Å². The summed E-state index contributed by atoms with van der Waals surface area (Å²) >= 11 is 0. The Morgan fingerprint density at radius 3 is 1.47 bits per heavy atom. The molecule has 0 spiro atoms. The minimum atomic E-state index is -1.31. The van der Waals surface area contributed by atoms with Crippen LogP contribution in [0, 0.1) is 0 Å². The van der Waals surface area contributed by atoms with Crippen LogP contribution in [0.15, 0.2) is 0 Å². The van der Waals surface area contributed by atoms with Gasteiger partial charge in [0.2, 0.25) is 0 Å². The lowest BCUT2D eigenvalue weighted by Crippen LogP contribution is -2.43. The van der Waals surface area contributed by atoms with Crippen LogP contribution in [-0.2, 0) is 9.59 Å². The van der Waals surface area contributed by atoms with E-state index in [4.69, 9.17) is 21.7 Å². The highest BCUT2D eigenvalue weighted by Crippen LogP contribution is 2.14. The summed E-state index contributed by atoms with van der Waals surface area (Å²) in [6.45, 7) is 0. The molecule has 0 aromatic heterocycles. The highest BCUT2D eigenvalue weighted by molar-refractivity contribution is 5.88. The van der Waals surface area contributed by atoms with Crippen molar-refractivity contribution in [1.82, 2.24) is 0 Å². The minimum Gasteiger partial charge on any atom is -0.481 e. The molecule has 0 amide bonds. The number of carboxylic acids is 2. The topological polar surface area (TPSA) is 127 Å². The summed E-state index contributed by atoms with van der Waals surface area (Å²) < 4.78 is 0. The van der Waals surface area contributed by atoms with Crippen LogP contribution in [-0.4, -0.2) is 34.2 Å². The van der Waals surface area contributed by atoms with E-state index in [2.05, 4.69) is 0 Å². The molecule has 0 saturated heterocycles. The van der Waals surface area contributed by atoms with Gasteiger partial charge < -0.3 is 21.7 Å². The van der Waals surface area contributed by atoms with E-state index in [0.29, 0.717) is 0 Å². The molecule has 2 atom stereocenters. The Kier molecular flexibility index (Phi) is 6.64. The van der Waals surface area contributed by atoms with Gasteiger partial charge in [-0.05, 0) is 12.8 Å². The number of nitrogens with two attached hydrogens (primary N) is 2. The molecule has 1 saturated carbocycles. The van der Waals surface area contributed by atoms with Crippen LogP contribution in [0.2, 0.25) is 0 Å². The molecule has 1 aliphatic carbocycles. The zero-order valence-electron chi connectivity index (χ0n) is 8.56. The molecule has 0 aromatic carbocycles. The molecule has 0 aliphatic heterocycles. The van der Waals surface area contributed by atoms with E-state index >= 15 is 0 Å². The third-order valence-corrected chi connectivity index (χ3v) is 2.18. The zero-order valence-corrected chi connectivity index (χ0v) is 8.56. The third-order valence-electron chi connectivity index (χ3n) is 2.18. The summed E-state index contributed by atoms with van der Waals surface area (Å²) in [5.74, 6) is -2.62. The van der Waals surface area contributed by atoms with Crippen molar-refractivity contribution in [3.05, 3.63) is 0 Å². The summed E-state index contributed by atoms with van der Waals surface area (Å²) in [7, 11) is 0. The molecule has 0 radical (unpaired) electrons. The number of carbonyl (C=O) groups is 2. The molecule has 1 rings (SSSR count). The van der Waals surface area contributed by atoms with Gasteiger partial charge in [-0.2, -0.15) is 0 Å². The van der Waals surface area contributed by atoms with E-state index in [1.165, 1.54) is 12.8 Å². The Balaban J connectivity index is 0.000000265. The number of hydrogen-bond acceptors (Lipinski definition) is 4. The summed E-state index contributed by atoms with van der Waals surface area (Å²) in [6.07, 6.45) is 3.99. The second kappa shape index (κ2) is 7.19. The molecule has 88 valence electrons. The highest BCUT2D eigenvalue weighted by atomic mass is 16.4. The largest absolute Gasteiger partial charge is 0.481 e. The summed E-state index contributed by atoms with van der Waals surface area (Å²) in [5, 5.41) is 15.4. The minimum absolute atomic E-state index is 0.281. The Labute approximate surface area is 88.3 Å². The smallest absolute Gasteiger partial charge is 0.314 e. The van der Waals surface area contributed by atoms with Crippen molar-refractivity contribution in [2.45, 2.75) is 44.2 Å². The molecule has 2 unspecified atom stereocenters. The molecule has 6 heteroatoms. The molecule has 6 N–H and O–H groups in total. The van der Waals surface area contributed by atoms with Gasteiger partial charge >= 0.3 is 11.9 Å². The fourth-order valence-electron chi connectivity index (χ4n) is 1.32. The van der Waals surface area contributed by atoms with Gasteiger partial charge in [0.1, 0.15) is 6.42 Å². The summed E-state index contributed by atoms with van der Waals surface area (Å²) in [5.41, 5.74) is 11.3. The highest BCUT2D eigenvalue weighted by Gasteiger charge is 2.16. The van der Waals surface area contributed by atoms with E-state index in [1.807, 2.05) is 0 Å². The predicted octanol–water partition coefficient (Wildman–Crippen LogP) is -0.239. The molecule has 15 heavy (non-hydrogen) atoms. The van der Waals surface area contributed by atoms with Crippen molar-refractivity contribution in [2.24, 2.45) is 11.5 Å². The van der Waals surface area contributed by atoms with Crippen LogP contribution in [0.4, 0.5) is 0 Å². The molecule has 6 nitrogen and oxygen atoms in total. The second-order valence-corrected chi connectivity index (χ2v) is 3.58. The average Bonchev–Trinajstić information content (AvgIpc) is 2.08. The van der Waals surface area contributed by atoms with Gasteiger partial charge in [-0.1, -0.05) is 12.8 Å². The van der Waals surface area contributed by atoms with E-state index < -0.39 is 18.4 Å². The monoisotopic (exact) mass is 218 g/mol. The van der Waals surface area contributed by atoms with E-state index in [0.717, 1.165) is 12.8 Å². The second-order valence-electron chi connectivity index (χ2n) is 3.58. The molecule has 0 aromatic rings. The first-order valence-corrected chi connectivity index (χ1v) is 4.88. The van der Waals surface area contributed by atoms with Crippen LogP contribution in [0.25, 0.3) is 0 Å². The number of carboxylic acid groups (broad SMARTS) is 2. The van der Waals surface area contributed by atoms with Crippen molar-refractivity contribution in [1.29, 1.82) is 0 Å². The molecular formula is C9H18N2O4. The van der Waals surface area contributed by atoms with Gasteiger partial charge in [-0.3, -0.25) is 9.59 Å². The molecule has 0 bridgehead atoms. The lowest BCUT2D eigenvalue weighted by molar-refractivity contribution is -0.147. The molecule has 1 aliphatic rings. The van der Waals surface area contributed by atoms with Crippen molar-refractivity contribution < 1.29 is 19.8 Å². The summed E-state index contributed by atoms with van der Waals surface area (Å²) in [6, 6.07) is 0.562. The fourth-order valence-corrected chi connectivity index (χ4v) is 1.32. The maximum Gasteiger partial charge on any atom is 0.314 e. The molecule has 1 fully saturated rings. The number of aliphatic carboxylic acids is 2. The Morgan fingerprint density at radius 2 is 1.33 bits per heavy atom. The van der Waals surface area contributed by atoms with Gasteiger partial charge in [0.05, 0.1) is 0 Å². The van der Waals surface area contributed by atoms with E-state index in [9.17, 15) is 9.59 Å². The van der Waals surface area contributed by atoms with Crippen molar-refractivity contribution >= 4 is 11.9 Å². The SMILES string of the molecule is NC1CCCCC1N.O=C(O)CC(=O)O. The quantitative estimate of drug-likeness (QED) is 0.474. The zero-order chi connectivity index (χ0) is 11.8. The van der Waals surface area contributed by atoms with Crippen LogP contribution < -0.4 is 11.5 Å². The number of hydrogen-bond donors (Lipinski definition) is 4. The Bertz CT molecular complexity index is 198. The standard InChI is InChI=1S/C6H14N2.C3H4O4/c7-5-3-1-2-4-6(5)8;4-2(5)1-3(6)7/h5-6H,1-4,7-8H2;1H2,(H,4,5)(H,6,7). The van der Waals surface area contributed by atoms with Crippen molar-refractivity contribution in [3.8, 4) is 0 Å². The first kappa shape index (κ1) is 13.9. The maximum atomic E-state index is 9.43. The molecule has 0 heterocycles. The van der Waals surface area contributed by atoms with Gasteiger partial charge in [0.15, 0.2) is 0 Å². The fraction of sp³-hybridized carbons (Fsp3) is 0.778. The first-order chi connectivity index (χ1) is 6.93. The van der Waals surface area contributed by atoms with E-state index in [1.54, 1.807) is 0 Å². The van der Waals surface area contributed by atoms with Gasteiger partial charge in [0, 0.05) is 12.1 Å². The average molecular weight is 218 g/mol. The predicted molar refractivity (Wildman–Crippen MR) is 54.3 cm³/mol. The molecular weight excluding hydrogens is 200 g/mol. The van der Waals surface area contributed by atoms with Gasteiger partial charge in [-0.15, -0.1) is 0 Å². The third kappa shape index (κ3) is 7.90. The van der Waals surface area contributed by atoms with Crippen LogP contribution >= 0.6 is 0 Å². The van der Waals surface area contributed by atoms with Crippen LogP contribution in [0.1, 0.15) is 32.1 Å². The lowest BCUT2D eigenvalue weighted by Gasteiger charge is -2.24. The Morgan fingerprint density at radius 1 is 1.00 bits per heavy atom. The first-order valence-electron chi connectivity index (χ1n) is 4.88. The van der Waals surface area contributed by atoms with Gasteiger partial charge in [-0.25, -0.2) is 0 Å². The van der Waals surface area contributed by atoms with Crippen LogP contribution in [0.3, 0.4) is 0 Å². The summed E-state index contributed by atoms with van der Waals surface area (Å²) in [4.78, 5) is 18.9.